The monoisotopic (exact) mass is 299 g/mol. The summed E-state index contributed by atoms with van der Waals surface area (Å²) in [7, 11) is 0. The van der Waals surface area contributed by atoms with Gasteiger partial charge < -0.3 is 15.2 Å². The summed E-state index contributed by atoms with van der Waals surface area (Å²) in [5, 5.41) is 13.6. The third kappa shape index (κ3) is 7.13. The Balaban J connectivity index is 2.47. The lowest BCUT2D eigenvalue weighted by Gasteiger charge is -2.17. The molecule has 0 aliphatic heterocycles. The number of benzene rings is 1. The van der Waals surface area contributed by atoms with E-state index in [1.807, 2.05) is 18.2 Å². The highest BCUT2D eigenvalue weighted by Crippen LogP contribution is 2.26. The van der Waals surface area contributed by atoms with Crippen LogP contribution in [0, 0.1) is 5.92 Å². The maximum atomic E-state index is 9.63. The molecule has 3 nitrogen and oxygen atoms in total. The van der Waals surface area contributed by atoms with Gasteiger partial charge in [0, 0.05) is 13.0 Å². The fourth-order valence-corrected chi connectivity index (χ4v) is 1.94. The van der Waals surface area contributed by atoms with Crippen LogP contribution in [0.25, 0.3) is 0 Å². The highest BCUT2D eigenvalue weighted by Gasteiger charge is 2.12. The smallest absolute Gasteiger partial charge is 0.137 e. The molecule has 0 amide bonds. The van der Waals surface area contributed by atoms with Crippen LogP contribution in [0.2, 0.25) is 5.02 Å². The lowest BCUT2D eigenvalue weighted by molar-refractivity contribution is 0.0553. The molecule has 0 aliphatic carbocycles. The molecule has 0 heterocycles. The van der Waals surface area contributed by atoms with Gasteiger partial charge in [-0.3, -0.25) is 0 Å². The fraction of sp³-hybridized carbons (Fsp3) is 0.625. The maximum absolute atomic E-state index is 9.63. The number of nitrogens with one attached hydrogen (secondary N) is 1. The molecule has 1 aromatic rings. The van der Waals surface area contributed by atoms with Crippen LogP contribution in [0.1, 0.15) is 39.7 Å². The summed E-state index contributed by atoms with van der Waals surface area (Å²) in [5.41, 5.74) is 0.429. The average Bonchev–Trinajstić information content (AvgIpc) is 2.30. The van der Waals surface area contributed by atoms with Gasteiger partial charge in [-0.2, -0.15) is 0 Å². The minimum atomic E-state index is -0.715. The first-order valence-corrected chi connectivity index (χ1v) is 7.50. The van der Waals surface area contributed by atoms with E-state index in [4.69, 9.17) is 16.3 Å². The van der Waals surface area contributed by atoms with E-state index < -0.39 is 5.60 Å². The Kier molecular flexibility index (Phi) is 6.80. The van der Waals surface area contributed by atoms with E-state index in [0.29, 0.717) is 29.7 Å². The largest absolute Gasteiger partial charge is 0.492 e. The molecule has 0 bridgehead atoms. The summed E-state index contributed by atoms with van der Waals surface area (Å²) in [4.78, 5) is 0. The summed E-state index contributed by atoms with van der Waals surface area (Å²) in [6.07, 6.45) is 0.570. The Bertz CT molecular complexity index is 413. The summed E-state index contributed by atoms with van der Waals surface area (Å²) >= 11 is 6.21. The van der Waals surface area contributed by atoms with Crippen LogP contribution in [0.4, 0.5) is 0 Å². The Morgan fingerprint density at radius 3 is 2.60 bits per heavy atom. The minimum Gasteiger partial charge on any atom is -0.492 e. The molecular weight excluding hydrogens is 274 g/mol. The van der Waals surface area contributed by atoms with Crippen molar-refractivity contribution in [2.75, 3.05) is 13.2 Å². The summed E-state index contributed by atoms with van der Waals surface area (Å²) in [5.74, 6) is 1.30. The lowest BCUT2D eigenvalue weighted by Crippen LogP contribution is -2.21. The average molecular weight is 300 g/mol. The number of halogens is 1. The molecule has 20 heavy (non-hydrogen) atoms. The van der Waals surface area contributed by atoms with E-state index in [9.17, 15) is 5.11 Å². The van der Waals surface area contributed by atoms with Crippen LogP contribution in [0.3, 0.4) is 0 Å². The second-order valence-corrected chi connectivity index (χ2v) is 6.61. The third-order valence-electron chi connectivity index (χ3n) is 2.85. The molecule has 0 radical (unpaired) electrons. The van der Waals surface area contributed by atoms with Crippen molar-refractivity contribution in [1.82, 2.24) is 5.32 Å². The molecule has 1 aromatic carbocycles. The molecule has 1 rings (SSSR count). The lowest BCUT2D eigenvalue weighted by atomic mass is 10.1. The highest BCUT2D eigenvalue weighted by atomic mass is 35.5. The van der Waals surface area contributed by atoms with Crippen molar-refractivity contribution in [2.24, 2.45) is 5.92 Å². The van der Waals surface area contributed by atoms with E-state index in [2.05, 4.69) is 19.2 Å². The van der Waals surface area contributed by atoms with Gasteiger partial charge in [-0.15, -0.1) is 0 Å². The molecule has 114 valence electrons. The van der Waals surface area contributed by atoms with Gasteiger partial charge >= 0.3 is 0 Å². The van der Waals surface area contributed by atoms with Gasteiger partial charge in [0.05, 0.1) is 17.2 Å². The van der Waals surface area contributed by atoms with Gasteiger partial charge in [0.25, 0.3) is 0 Å². The van der Waals surface area contributed by atoms with Gasteiger partial charge in [-0.25, -0.2) is 0 Å². The SMILES string of the molecule is CC(C)CNCc1ccc(OCCC(C)(C)O)c(Cl)c1. The second kappa shape index (κ2) is 7.87. The molecular formula is C16H26ClNO2. The van der Waals surface area contributed by atoms with Gasteiger partial charge in [0.1, 0.15) is 5.75 Å². The minimum absolute atomic E-state index is 0.453. The highest BCUT2D eigenvalue weighted by molar-refractivity contribution is 6.32. The molecule has 0 aliphatic rings. The zero-order valence-corrected chi connectivity index (χ0v) is 13.6. The first-order chi connectivity index (χ1) is 9.28. The molecule has 4 heteroatoms. The van der Waals surface area contributed by atoms with Crippen LogP contribution >= 0.6 is 11.6 Å². The Labute approximate surface area is 127 Å². The number of rotatable bonds is 8. The van der Waals surface area contributed by atoms with Crippen molar-refractivity contribution in [3.8, 4) is 5.75 Å². The number of ether oxygens (including phenoxy) is 1. The van der Waals surface area contributed by atoms with Crippen molar-refractivity contribution in [3.63, 3.8) is 0 Å². The first kappa shape index (κ1) is 17.3. The van der Waals surface area contributed by atoms with E-state index in [-0.39, 0.29) is 0 Å². The topological polar surface area (TPSA) is 41.5 Å². The van der Waals surface area contributed by atoms with Gasteiger partial charge in [-0.05, 0) is 44.0 Å². The standard InChI is InChI=1S/C16H26ClNO2/c1-12(2)10-18-11-13-5-6-15(14(17)9-13)20-8-7-16(3,4)19/h5-6,9,12,18-19H,7-8,10-11H2,1-4H3. The molecule has 2 N–H and O–H groups in total. The predicted molar refractivity (Wildman–Crippen MR) is 84.4 cm³/mol. The molecule has 0 aromatic heterocycles. The van der Waals surface area contributed by atoms with Crippen molar-refractivity contribution >= 4 is 11.6 Å². The summed E-state index contributed by atoms with van der Waals surface area (Å²) in [6, 6.07) is 5.83. The molecule has 0 atom stereocenters. The van der Waals surface area contributed by atoms with Crippen molar-refractivity contribution in [3.05, 3.63) is 28.8 Å². The molecule has 0 saturated carbocycles. The van der Waals surface area contributed by atoms with Gasteiger partial charge in [0.2, 0.25) is 0 Å². The van der Waals surface area contributed by atoms with E-state index >= 15 is 0 Å². The van der Waals surface area contributed by atoms with Crippen LogP contribution < -0.4 is 10.1 Å². The zero-order chi connectivity index (χ0) is 15.2. The van der Waals surface area contributed by atoms with Crippen LogP contribution in [0.15, 0.2) is 18.2 Å². The van der Waals surface area contributed by atoms with Crippen LogP contribution in [0.5, 0.6) is 5.75 Å². The van der Waals surface area contributed by atoms with Gasteiger partial charge in [-0.1, -0.05) is 31.5 Å². The third-order valence-corrected chi connectivity index (χ3v) is 3.14. The maximum Gasteiger partial charge on any atom is 0.137 e. The van der Waals surface area contributed by atoms with Crippen LogP contribution in [-0.4, -0.2) is 23.9 Å². The fourth-order valence-electron chi connectivity index (χ4n) is 1.69. The van der Waals surface area contributed by atoms with Crippen molar-refractivity contribution < 1.29 is 9.84 Å². The Morgan fingerprint density at radius 2 is 2.05 bits per heavy atom. The van der Waals surface area contributed by atoms with E-state index in [0.717, 1.165) is 18.7 Å². The molecule has 0 spiro atoms. The van der Waals surface area contributed by atoms with Crippen molar-refractivity contribution in [2.45, 2.75) is 46.3 Å². The summed E-state index contributed by atoms with van der Waals surface area (Å²) < 4.78 is 5.60. The summed E-state index contributed by atoms with van der Waals surface area (Å²) in [6.45, 7) is 10.1. The molecule has 0 saturated heterocycles. The predicted octanol–water partition coefficient (Wildman–Crippen LogP) is 3.63. The number of hydrogen-bond acceptors (Lipinski definition) is 3. The Hall–Kier alpha value is -0.770. The zero-order valence-electron chi connectivity index (χ0n) is 12.9. The van der Waals surface area contributed by atoms with E-state index in [1.54, 1.807) is 13.8 Å². The van der Waals surface area contributed by atoms with Crippen LogP contribution in [-0.2, 0) is 6.54 Å². The van der Waals surface area contributed by atoms with Gasteiger partial charge in [0.15, 0.2) is 0 Å². The first-order valence-electron chi connectivity index (χ1n) is 7.12. The quantitative estimate of drug-likeness (QED) is 0.770. The number of hydrogen-bond donors (Lipinski definition) is 2. The molecule has 0 unspecified atom stereocenters. The second-order valence-electron chi connectivity index (χ2n) is 6.20. The van der Waals surface area contributed by atoms with Crippen molar-refractivity contribution in [1.29, 1.82) is 0 Å². The Morgan fingerprint density at radius 1 is 1.35 bits per heavy atom. The van der Waals surface area contributed by atoms with E-state index in [1.165, 1.54) is 0 Å². The molecule has 0 fully saturated rings. The number of aliphatic hydroxyl groups is 1. The normalized spacial score (nSPS) is 11.9.